The van der Waals surface area contributed by atoms with Gasteiger partial charge in [0.25, 0.3) is 11.1 Å². The number of rotatable bonds is 9. The van der Waals surface area contributed by atoms with Crippen LogP contribution >= 0.6 is 0 Å². The van der Waals surface area contributed by atoms with Gasteiger partial charge in [0, 0.05) is 63.5 Å². The molecule has 0 aliphatic carbocycles. The highest BCUT2D eigenvalue weighted by Crippen LogP contribution is 2.33. The van der Waals surface area contributed by atoms with Gasteiger partial charge in [-0.1, -0.05) is 24.3 Å². The van der Waals surface area contributed by atoms with Crippen LogP contribution in [0.15, 0.2) is 113 Å². The highest BCUT2D eigenvalue weighted by molar-refractivity contribution is 6.08. The molecule has 56 heavy (non-hydrogen) atoms. The average molecular weight is 751 g/mol. The zero-order valence-corrected chi connectivity index (χ0v) is 30.4. The molecule has 0 spiro atoms. The molecule has 0 amide bonds. The van der Waals surface area contributed by atoms with Gasteiger partial charge in [-0.25, -0.2) is 13.8 Å². The van der Waals surface area contributed by atoms with Crippen LogP contribution < -0.4 is 20.6 Å². The lowest BCUT2D eigenvalue weighted by molar-refractivity contribution is 0.415. The molecule has 6 aromatic heterocycles. The first-order valence-electron chi connectivity index (χ1n) is 17.7. The lowest BCUT2D eigenvalue weighted by Crippen LogP contribution is -2.25. The van der Waals surface area contributed by atoms with E-state index < -0.39 is 17.3 Å². The van der Waals surface area contributed by atoms with Crippen molar-refractivity contribution in [3.8, 4) is 17.4 Å². The van der Waals surface area contributed by atoms with Crippen LogP contribution in [0.5, 0.6) is 17.4 Å². The molecule has 0 aliphatic heterocycles. The van der Waals surface area contributed by atoms with E-state index in [0.29, 0.717) is 55.8 Å². The summed E-state index contributed by atoms with van der Waals surface area (Å²) >= 11 is 0. The molecule has 0 bridgehead atoms. The summed E-state index contributed by atoms with van der Waals surface area (Å²) in [5.74, 6) is 0.0218. The zero-order chi connectivity index (χ0) is 38.7. The first kappa shape index (κ1) is 34.5. The van der Waals surface area contributed by atoms with Crippen LogP contribution in [0.1, 0.15) is 22.5 Å². The Balaban J connectivity index is 1.13. The van der Waals surface area contributed by atoms with Crippen molar-refractivity contribution < 1.29 is 18.3 Å². The van der Waals surface area contributed by atoms with Crippen molar-refractivity contribution in [1.82, 2.24) is 38.7 Å². The predicted molar refractivity (Wildman–Crippen MR) is 207 cm³/mol. The molecule has 0 radical (unpaired) electrons. The maximum Gasteiger partial charge on any atom is 0.291 e. The number of hydrogen-bond acceptors (Lipinski definition) is 8. The second kappa shape index (κ2) is 13.6. The molecule has 12 nitrogen and oxygen atoms in total. The smallest absolute Gasteiger partial charge is 0.291 e. The summed E-state index contributed by atoms with van der Waals surface area (Å²) in [6.45, 7) is 2.14. The number of aryl methyl sites for hydroxylation is 2. The van der Waals surface area contributed by atoms with Gasteiger partial charge in [-0.05, 0) is 73.2 Å². The van der Waals surface area contributed by atoms with Gasteiger partial charge in [-0.2, -0.15) is 19.6 Å². The van der Waals surface area contributed by atoms with Crippen LogP contribution in [0.3, 0.4) is 0 Å². The maximum atomic E-state index is 14.7. The third-order valence-corrected chi connectivity index (χ3v) is 9.95. The molecule has 0 unspecified atom stereocenters. The summed E-state index contributed by atoms with van der Waals surface area (Å²) in [6, 6.07) is 25.3. The van der Waals surface area contributed by atoms with Gasteiger partial charge in [0.15, 0.2) is 0 Å². The van der Waals surface area contributed by atoms with Crippen molar-refractivity contribution in [3.63, 3.8) is 0 Å². The monoisotopic (exact) mass is 750 g/mol. The van der Waals surface area contributed by atoms with Crippen LogP contribution in [0.2, 0.25) is 0 Å². The Bertz CT molecular complexity index is 3150. The van der Waals surface area contributed by atoms with E-state index >= 15 is 0 Å². The van der Waals surface area contributed by atoms with E-state index in [1.807, 2.05) is 59.5 Å². The van der Waals surface area contributed by atoms with Crippen LogP contribution in [0.25, 0.3) is 43.6 Å². The van der Waals surface area contributed by atoms with E-state index in [2.05, 4.69) is 15.2 Å². The number of aromatic nitrogens is 8. The SMILES string of the molecule is COc1ccc2c(c1)c1cnn(Cc3cc(Cn4c5ccc(Oc6cccc(F)n6)cc5c5cnn(Cc6ccccc6F)c(=O)c54)cc(C)n3)c(=O)c1n2C. The molecule has 0 N–H and O–H groups in total. The standard InChI is InChI=1S/C42H32F2N8O4/c1-24-15-25(16-27(47-24)23-52-41(53)39-32(19-46-52)30-17-28(55-3)11-13-35(30)49(39)2)21-50-36-14-12-29(56-38-10-6-9-37(44)48-38)18-31(36)33-20-45-51(42(54)40(33)50)22-26-7-4-5-8-34(26)43/h4-20H,21-23H2,1-3H3. The van der Waals surface area contributed by atoms with Gasteiger partial charge in [0.1, 0.15) is 28.3 Å². The molecular weight excluding hydrogens is 719 g/mol. The Labute approximate surface area is 316 Å². The quantitative estimate of drug-likeness (QED) is 0.147. The van der Waals surface area contributed by atoms with Gasteiger partial charge in [0.2, 0.25) is 11.8 Å². The minimum absolute atomic E-state index is 0.0720. The molecule has 6 heterocycles. The van der Waals surface area contributed by atoms with Crippen molar-refractivity contribution >= 4 is 43.6 Å². The van der Waals surface area contributed by atoms with Crippen molar-refractivity contribution in [2.75, 3.05) is 7.11 Å². The number of fused-ring (bicyclic) bond motifs is 6. The average Bonchev–Trinajstić information content (AvgIpc) is 3.65. The number of halogens is 2. The van der Waals surface area contributed by atoms with Gasteiger partial charge >= 0.3 is 0 Å². The van der Waals surface area contributed by atoms with E-state index in [4.69, 9.17) is 14.5 Å². The van der Waals surface area contributed by atoms with Gasteiger partial charge in [-0.15, -0.1) is 0 Å². The van der Waals surface area contributed by atoms with Crippen LogP contribution in [-0.4, -0.2) is 45.8 Å². The van der Waals surface area contributed by atoms with Crippen molar-refractivity contribution in [1.29, 1.82) is 0 Å². The third-order valence-electron chi connectivity index (χ3n) is 9.95. The Morgan fingerprint density at radius 3 is 2.16 bits per heavy atom. The fourth-order valence-corrected chi connectivity index (χ4v) is 7.43. The van der Waals surface area contributed by atoms with Gasteiger partial charge < -0.3 is 18.6 Å². The summed E-state index contributed by atoms with van der Waals surface area (Å²) < 4.78 is 46.2. The molecule has 9 rings (SSSR count). The fourth-order valence-electron chi connectivity index (χ4n) is 7.43. The first-order valence-corrected chi connectivity index (χ1v) is 17.7. The highest BCUT2D eigenvalue weighted by Gasteiger charge is 2.20. The van der Waals surface area contributed by atoms with Crippen molar-refractivity contribution in [2.45, 2.75) is 26.6 Å². The Hall–Kier alpha value is -7.22. The van der Waals surface area contributed by atoms with E-state index in [9.17, 15) is 18.4 Å². The number of ether oxygens (including phenoxy) is 2. The molecule has 278 valence electrons. The minimum atomic E-state index is -0.678. The van der Waals surface area contributed by atoms with E-state index in [0.717, 1.165) is 21.9 Å². The normalized spacial score (nSPS) is 11.7. The molecule has 0 atom stereocenters. The molecule has 3 aromatic carbocycles. The Morgan fingerprint density at radius 2 is 1.38 bits per heavy atom. The molecule has 0 saturated heterocycles. The summed E-state index contributed by atoms with van der Waals surface area (Å²) in [4.78, 5) is 36.7. The molecule has 9 aromatic rings. The number of methoxy groups -OCH3 is 1. The lowest BCUT2D eigenvalue weighted by Gasteiger charge is -2.12. The first-order chi connectivity index (χ1) is 27.1. The number of benzene rings is 3. The van der Waals surface area contributed by atoms with Crippen LogP contribution in [0.4, 0.5) is 8.78 Å². The molecule has 0 saturated carbocycles. The Morgan fingerprint density at radius 1 is 0.679 bits per heavy atom. The topological polar surface area (TPSA) is 124 Å². The largest absolute Gasteiger partial charge is 0.497 e. The second-order valence-corrected chi connectivity index (χ2v) is 13.5. The second-order valence-electron chi connectivity index (χ2n) is 13.5. The summed E-state index contributed by atoms with van der Waals surface area (Å²) in [6.07, 6.45) is 3.27. The number of hydrogen-bond donors (Lipinski definition) is 0. The van der Waals surface area contributed by atoms with Crippen LogP contribution in [-0.2, 0) is 26.7 Å². The molecular formula is C42H32F2N8O4. The summed E-state index contributed by atoms with van der Waals surface area (Å²) in [7, 11) is 3.45. The van der Waals surface area contributed by atoms with Crippen LogP contribution in [0, 0.1) is 18.7 Å². The lowest BCUT2D eigenvalue weighted by atomic mass is 10.1. The summed E-state index contributed by atoms with van der Waals surface area (Å²) in [5, 5.41) is 11.8. The van der Waals surface area contributed by atoms with Crippen molar-refractivity contribution in [2.24, 2.45) is 7.05 Å². The third kappa shape index (κ3) is 6.00. The number of nitrogens with zero attached hydrogens (tertiary/aromatic N) is 8. The molecule has 14 heteroatoms. The minimum Gasteiger partial charge on any atom is -0.497 e. The van der Waals surface area contributed by atoms with E-state index in [-0.39, 0.29) is 31.1 Å². The maximum absolute atomic E-state index is 14.7. The van der Waals surface area contributed by atoms with Gasteiger partial charge in [0.05, 0.1) is 38.3 Å². The zero-order valence-electron chi connectivity index (χ0n) is 30.4. The van der Waals surface area contributed by atoms with Crippen molar-refractivity contribution in [3.05, 3.63) is 158 Å². The molecule has 0 fully saturated rings. The van der Waals surface area contributed by atoms with E-state index in [1.54, 1.807) is 55.9 Å². The summed E-state index contributed by atoms with van der Waals surface area (Å²) in [5.41, 5.74) is 4.22. The Kier molecular flexibility index (Phi) is 8.37. The highest BCUT2D eigenvalue weighted by atomic mass is 19.1. The predicted octanol–water partition coefficient (Wildman–Crippen LogP) is 6.88. The number of pyridine rings is 2. The fraction of sp³-hybridized carbons (Fsp3) is 0.143. The van der Waals surface area contributed by atoms with E-state index in [1.165, 1.54) is 27.6 Å². The molecule has 0 aliphatic rings. The van der Waals surface area contributed by atoms with Gasteiger partial charge in [-0.3, -0.25) is 14.6 Å².